The van der Waals surface area contributed by atoms with E-state index in [0.29, 0.717) is 11.2 Å². The zero-order valence-corrected chi connectivity index (χ0v) is 17.4. The fourth-order valence-electron chi connectivity index (χ4n) is 3.69. The molecule has 0 atom stereocenters. The van der Waals surface area contributed by atoms with Crippen LogP contribution in [0.4, 0.5) is 5.69 Å². The predicted octanol–water partition coefficient (Wildman–Crippen LogP) is 4.48. The smallest absolute Gasteiger partial charge is 0.177 e. The van der Waals surface area contributed by atoms with Crippen molar-refractivity contribution in [1.29, 1.82) is 0 Å². The van der Waals surface area contributed by atoms with E-state index in [-0.39, 0.29) is 12.4 Å². The number of nitrogens with one attached hydrogen (secondary N) is 2. The van der Waals surface area contributed by atoms with Crippen molar-refractivity contribution in [2.45, 2.75) is 48.4 Å². The topological polar surface area (TPSA) is 54.2 Å². The van der Waals surface area contributed by atoms with Crippen LogP contribution in [0.15, 0.2) is 47.6 Å². The van der Waals surface area contributed by atoms with E-state index in [2.05, 4.69) is 51.5 Å². The van der Waals surface area contributed by atoms with Gasteiger partial charge in [0.05, 0.1) is 17.6 Å². The van der Waals surface area contributed by atoms with E-state index in [1.54, 1.807) is 0 Å². The van der Waals surface area contributed by atoms with Crippen molar-refractivity contribution in [3.05, 3.63) is 53.9 Å². The van der Waals surface area contributed by atoms with Crippen LogP contribution in [-0.2, 0) is 6.54 Å². The van der Waals surface area contributed by atoms with Crippen molar-refractivity contribution in [1.82, 2.24) is 19.9 Å². The van der Waals surface area contributed by atoms with E-state index in [4.69, 9.17) is 10.1 Å². The number of halogens is 1. The summed E-state index contributed by atoms with van der Waals surface area (Å²) >= 11 is 1.92. The Morgan fingerprint density at radius 3 is 2.64 bits per heavy atom. The highest BCUT2D eigenvalue weighted by Gasteiger charge is 2.28. The largest absolute Gasteiger partial charge is 0.378 e. The summed E-state index contributed by atoms with van der Waals surface area (Å²) in [5.41, 5.74) is 4.56. The second-order valence-corrected chi connectivity index (χ2v) is 8.82. The summed E-state index contributed by atoms with van der Waals surface area (Å²) in [4.78, 5) is 4.70. The van der Waals surface area contributed by atoms with E-state index in [1.807, 2.05) is 18.0 Å². The van der Waals surface area contributed by atoms with E-state index >= 15 is 0 Å². The predicted molar refractivity (Wildman–Crippen MR) is 118 cm³/mol. The Morgan fingerprint density at radius 2 is 1.89 bits per heavy atom. The van der Waals surface area contributed by atoms with Gasteiger partial charge in [-0.25, -0.2) is 9.50 Å². The fourth-order valence-corrected chi connectivity index (χ4v) is 4.81. The Bertz CT molecular complexity index is 919. The first kappa shape index (κ1) is 19.6. The Morgan fingerprint density at radius 1 is 1.11 bits per heavy atom. The maximum Gasteiger partial charge on any atom is 0.177 e. The molecule has 7 heteroatoms. The van der Waals surface area contributed by atoms with Crippen molar-refractivity contribution in [2.24, 2.45) is 0 Å². The quantitative estimate of drug-likeness (QED) is 0.621. The SMILES string of the molecule is Cl.c1ccc(CNc2cc(SC3CCNCC3)nn3c(C4CC4)cnc23)cc1. The molecule has 1 aromatic carbocycles. The number of benzene rings is 1. The van der Waals surface area contributed by atoms with Crippen LogP contribution in [0.2, 0.25) is 0 Å². The van der Waals surface area contributed by atoms with E-state index in [0.717, 1.165) is 36.0 Å². The third kappa shape index (κ3) is 4.29. The zero-order chi connectivity index (χ0) is 18.1. The number of fused-ring (bicyclic) bond motifs is 1. The lowest BCUT2D eigenvalue weighted by atomic mass is 10.2. The molecule has 0 amide bonds. The summed E-state index contributed by atoms with van der Waals surface area (Å²) < 4.78 is 2.09. The minimum absolute atomic E-state index is 0. The summed E-state index contributed by atoms with van der Waals surface area (Å²) in [6.07, 6.45) is 6.95. The van der Waals surface area contributed by atoms with Gasteiger partial charge in [-0.2, -0.15) is 5.10 Å². The van der Waals surface area contributed by atoms with Crippen LogP contribution in [0.25, 0.3) is 5.65 Å². The average Bonchev–Trinajstić information content (AvgIpc) is 3.47. The molecule has 2 N–H and O–H groups in total. The molecule has 5 rings (SSSR count). The normalized spacial score (nSPS) is 17.4. The molecule has 0 bridgehead atoms. The van der Waals surface area contributed by atoms with Gasteiger partial charge in [-0.3, -0.25) is 0 Å². The number of aromatic nitrogens is 3. The van der Waals surface area contributed by atoms with Gasteiger partial charge >= 0.3 is 0 Å². The zero-order valence-electron chi connectivity index (χ0n) is 15.8. The second-order valence-electron chi connectivity index (χ2n) is 7.50. The molecule has 2 aliphatic rings. The Hall–Kier alpha value is -1.76. The van der Waals surface area contributed by atoms with Crippen molar-refractivity contribution in [2.75, 3.05) is 18.4 Å². The van der Waals surface area contributed by atoms with Gasteiger partial charge < -0.3 is 10.6 Å². The van der Waals surface area contributed by atoms with Gasteiger partial charge in [0.25, 0.3) is 0 Å². The summed E-state index contributed by atoms with van der Waals surface area (Å²) in [5, 5.41) is 13.8. The molecule has 1 saturated carbocycles. The Kier molecular flexibility index (Phi) is 6.09. The number of anilines is 1. The van der Waals surface area contributed by atoms with Gasteiger partial charge in [0.2, 0.25) is 0 Å². The molecule has 0 radical (unpaired) electrons. The van der Waals surface area contributed by atoms with Crippen molar-refractivity contribution >= 4 is 35.5 Å². The van der Waals surface area contributed by atoms with Gasteiger partial charge in [0.1, 0.15) is 5.03 Å². The lowest BCUT2D eigenvalue weighted by Gasteiger charge is -2.22. The minimum atomic E-state index is 0. The first-order chi connectivity index (χ1) is 13.4. The fraction of sp³-hybridized carbons (Fsp3) is 0.429. The summed E-state index contributed by atoms with van der Waals surface area (Å²) in [6.45, 7) is 3.01. The van der Waals surface area contributed by atoms with Crippen molar-refractivity contribution in [3.8, 4) is 0 Å². The molecule has 1 saturated heterocycles. The van der Waals surface area contributed by atoms with Crippen molar-refractivity contribution < 1.29 is 0 Å². The Balaban J connectivity index is 0.00000192. The number of nitrogens with zero attached hydrogens (tertiary/aromatic N) is 3. The molecule has 1 aliphatic carbocycles. The molecular formula is C21H26ClN5S. The van der Waals surface area contributed by atoms with Crippen LogP contribution in [-0.4, -0.2) is 32.9 Å². The number of hydrogen-bond donors (Lipinski definition) is 2. The van der Waals surface area contributed by atoms with Gasteiger partial charge in [-0.15, -0.1) is 24.2 Å². The molecule has 3 aromatic rings. The molecule has 5 nitrogen and oxygen atoms in total. The van der Waals surface area contributed by atoms with E-state index in [1.165, 1.54) is 36.9 Å². The van der Waals surface area contributed by atoms with Crippen LogP contribution in [0.3, 0.4) is 0 Å². The van der Waals surface area contributed by atoms with Crippen LogP contribution in [0.5, 0.6) is 0 Å². The molecule has 2 fully saturated rings. The number of piperidine rings is 1. The number of imidazole rings is 1. The standard InChI is InChI=1S/C21H25N5S.ClH/c1-2-4-15(5-3-1)13-23-18-12-20(27-17-8-10-22-11-9-17)25-26-19(16-6-7-16)14-24-21(18)26;/h1-5,12,14,16-17,22-23H,6-11,13H2;1H. The lowest BCUT2D eigenvalue weighted by Crippen LogP contribution is -2.29. The monoisotopic (exact) mass is 415 g/mol. The number of rotatable bonds is 6. The van der Waals surface area contributed by atoms with Gasteiger partial charge in [-0.1, -0.05) is 30.3 Å². The van der Waals surface area contributed by atoms with Crippen molar-refractivity contribution in [3.63, 3.8) is 0 Å². The van der Waals surface area contributed by atoms with Gasteiger partial charge in [-0.05, 0) is 50.4 Å². The molecule has 0 unspecified atom stereocenters. The minimum Gasteiger partial charge on any atom is -0.378 e. The van der Waals surface area contributed by atoms with Gasteiger partial charge in [0.15, 0.2) is 5.65 Å². The Labute approximate surface area is 176 Å². The first-order valence-electron chi connectivity index (χ1n) is 9.91. The third-order valence-electron chi connectivity index (χ3n) is 5.37. The summed E-state index contributed by atoms with van der Waals surface area (Å²) in [7, 11) is 0. The molecule has 148 valence electrons. The molecule has 1 aliphatic heterocycles. The summed E-state index contributed by atoms with van der Waals surface area (Å²) in [5.74, 6) is 0.633. The highest BCUT2D eigenvalue weighted by molar-refractivity contribution is 7.99. The second kappa shape index (κ2) is 8.72. The van der Waals surface area contributed by atoms with E-state index in [9.17, 15) is 0 Å². The molecule has 28 heavy (non-hydrogen) atoms. The number of thioether (sulfide) groups is 1. The van der Waals surface area contributed by atoms with E-state index < -0.39 is 0 Å². The maximum atomic E-state index is 4.96. The highest BCUT2D eigenvalue weighted by Crippen LogP contribution is 2.41. The lowest BCUT2D eigenvalue weighted by molar-refractivity contribution is 0.531. The summed E-state index contributed by atoms with van der Waals surface area (Å²) in [6, 6.07) is 12.7. The molecule has 2 aromatic heterocycles. The molecule has 3 heterocycles. The van der Waals surface area contributed by atoms with Crippen LogP contribution < -0.4 is 10.6 Å². The molecular weight excluding hydrogens is 390 g/mol. The number of hydrogen-bond acceptors (Lipinski definition) is 5. The maximum absolute atomic E-state index is 4.96. The average molecular weight is 416 g/mol. The van der Waals surface area contributed by atoms with Crippen LogP contribution in [0.1, 0.15) is 42.9 Å². The highest BCUT2D eigenvalue weighted by atomic mass is 35.5. The van der Waals surface area contributed by atoms with Crippen LogP contribution >= 0.6 is 24.2 Å². The van der Waals surface area contributed by atoms with Gasteiger partial charge in [0, 0.05) is 17.7 Å². The third-order valence-corrected chi connectivity index (χ3v) is 6.61. The molecule has 0 spiro atoms. The van der Waals surface area contributed by atoms with Crippen LogP contribution in [0, 0.1) is 0 Å². The first-order valence-corrected chi connectivity index (χ1v) is 10.8.